The van der Waals surface area contributed by atoms with Crippen LogP contribution >= 0.6 is 11.6 Å². The van der Waals surface area contributed by atoms with Gasteiger partial charge in [0.25, 0.3) is 5.91 Å². The topological polar surface area (TPSA) is 34.9 Å². The smallest absolute Gasteiger partial charge is 0.263 e. The van der Waals surface area contributed by atoms with Crippen LogP contribution in [-0.2, 0) is 6.42 Å². The Morgan fingerprint density at radius 3 is 2.69 bits per heavy atom. The first kappa shape index (κ1) is 10.9. The van der Waals surface area contributed by atoms with Crippen molar-refractivity contribution in [3.05, 3.63) is 53.1 Å². The molecule has 1 aromatic carbocycles. The second-order valence-corrected chi connectivity index (χ2v) is 3.82. The third-order valence-electron chi connectivity index (χ3n) is 2.34. The first-order chi connectivity index (χ1) is 7.72. The van der Waals surface area contributed by atoms with Crippen LogP contribution < -0.4 is 0 Å². The first-order valence-corrected chi connectivity index (χ1v) is 5.42. The van der Waals surface area contributed by atoms with Gasteiger partial charge in [-0.15, -0.1) is 0 Å². The highest BCUT2D eigenvalue weighted by Gasteiger charge is 2.11. The van der Waals surface area contributed by atoms with Gasteiger partial charge in [-0.25, -0.2) is 4.98 Å². The van der Waals surface area contributed by atoms with Crippen molar-refractivity contribution in [2.24, 2.45) is 0 Å². The fourth-order valence-electron chi connectivity index (χ4n) is 1.51. The Balaban J connectivity index is 2.35. The maximum atomic E-state index is 12.1. The Morgan fingerprint density at radius 1 is 1.38 bits per heavy atom. The van der Waals surface area contributed by atoms with Gasteiger partial charge in [0.15, 0.2) is 0 Å². The maximum absolute atomic E-state index is 12.1. The fourth-order valence-corrected chi connectivity index (χ4v) is 1.64. The predicted octanol–water partition coefficient (Wildman–Crippen LogP) is 2.79. The van der Waals surface area contributed by atoms with Gasteiger partial charge < -0.3 is 0 Å². The van der Waals surface area contributed by atoms with Gasteiger partial charge in [0.05, 0.1) is 0 Å². The molecular formula is C12H11ClN2O. The molecule has 0 saturated carbocycles. The maximum Gasteiger partial charge on any atom is 0.263 e. The Labute approximate surface area is 98.7 Å². The standard InChI is InChI=1S/C12H11ClN2O/c1-2-11-14-7-8-15(11)12(16)9-3-5-10(13)6-4-9/h3-8H,2H2,1H3. The summed E-state index contributed by atoms with van der Waals surface area (Å²) in [6.07, 6.45) is 4.04. The average Bonchev–Trinajstić information content (AvgIpc) is 2.77. The first-order valence-electron chi connectivity index (χ1n) is 5.05. The zero-order valence-electron chi connectivity index (χ0n) is 8.85. The second-order valence-electron chi connectivity index (χ2n) is 3.38. The van der Waals surface area contributed by atoms with E-state index in [2.05, 4.69) is 4.98 Å². The van der Waals surface area contributed by atoms with E-state index in [-0.39, 0.29) is 5.91 Å². The lowest BCUT2D eigenvalue weighted by Gasteiger charge is -2.04. The van der Waals surface area contributed by atoms with Crippen molar-refractivity contribution in [2.45, 2.75) is 13.3 Å². The number of hydrogen-bond acceptors (Lipinski definition) is 2. The molecule has 0 radical (unpaired) electrons. The van der Waals surface area contributed by atoms with Crippen LogP contribution in [0.4, 0.5) is 0 Å². The third-order valence-corrected chi connectivity index (χ3v) is 2.60. The van der Waals surface area contributed by atoms with Gasteiger partial charge >= 0.3 is 0 Å². The van der Waals surface area contributed by atoms with Crippen LogP contribution in [0.15, 0.2) is 36.7 Å². The fraction of sp³-hybridized carbons (Fsp3) is 0.167. The molecule has 0 spiro atoms. The van der Waals surface area contributed by atoms with Gasteiger partial charge in [-0.3, -0.25) is 9.36 Å². The summed E-state index contributed by atoms with van der Waals surface area (Å²) in [7, 11) is 0. The summed E-state index contributed by atoms with van der Waals surface area (Å²) in [4.78, 5) is 16.2. The minimum absolute atomic E-state index is 0.0778. The SMILES string of the molecule is CCc1nccn1C(=O)c1ccc(Cl)cc1. The minimum Gasteiger partial charge on any atom is -0.270 e. The van der Waals surface area contributed by atoms with E-state index >= 15 is 0 Å². The van der Waals surface area contributed by atoms with Gasteiger partial charge in [0, 0.05) is 29.4 Å². The van der Waals surface area contributed by atoms with E-state index in [1.165, 1.54) is 0 Å². The number of hydrogen-bond donors (Lipinski definition) is 0. The van der Waals surface area contributed by atoms with E-state index in [0.29, 0.717) is 10.6 Å². The molecule has 1 aromatic heterocycles. The van der Waals surface area contributed by atoms with Crippen molar-refractivity contribution in [1.82, 2.24) is 9.55 Å². The molecule has 2 rings (SSSR count). The summed E-state index contributed by atoms with van der Waals surface area (Å²) in [6, 6.07) is 6.84. The van der Waals surface area contributed by atoms with E-state index < -0.39 is 0 Å². The number of aryl methyl sites for hydroxylation is 1. The summed E-state index contributed by atoms with van der Waals surface area (Å²) in [5, 5.41) is 0.623. The number of rotatable bonds is 2. The number of imidazole rings is 1. The van der Waals surface area contributed by atoms with Gasteiger partial charge in [0.1, 0.15) is 5.82 Å². The average molecular weight is 235 g/mol. The number of nitrogens with zero attached hydrogens (tertiary/aromatic N) is 2. The van der Waals surface area contributed by atoms with Gasteiger partial charge in [-0.1, -0.05) is 18.5 Å². The molecule has 0 fully saturated rings. The van der Waals surface area contributed by atoms with Crippen LogP contribution in [0.5, 0.6) is 0 Å². The number of aromatic nitrogens is 2. The second kappa shape index (κ2) is 4.49. The van der Waals surface area contributed by atoms with Gasteiger partial charge in [0.2, 0.25) is 0 Å². The molecular weight excluding hydrogens is 224 g/mol. The van der Waals surface area contributed by atoms with Gasteiger partial charge in [-0.05, 0) is 24.3 Å². The van der Waals surface area contributed by atoms with E-state index in [9.17, 15) is 4.79 Å². The van der Waals surface area contributed by atoms with Crippen molar-refractivity contribution in [1.29, 1.82) is 0 Å². The van der Waals surface area contributed by atoms with E-state index in [1.807, 2.05) is 6.92 Å². The number of carbonyl (C=O) groups is 1. The monoisotopic (exact) mass is 234 g/mol. The molecule has 0 aliphatic carbocycles. The van der Waals surface area contributed by atoms with Crippen LogP contribution in [0, 0.1) is 0 Å². The minimum atomic E-state index is -0.0778. The molecule has 1 heterocycles. The lowest BCUT2D eigenvalue weighted by atomic mass is 10.2. The molecule has 16 heavy (non-hydrogen) atoms. The number of halogens is 1. The molecule has 2 aromatic rings. The highest BCUT2D eigenvalue weighted by Crippen LogP contribution is 2.11. The lowest BCUT2D eigenvalue weighted by molar-refractivity contribution is 0.0956. The summed E-state index contributed by atoms with van der Waals surface area (Å²) in [6.45, 7) is 1.97. The third kappa shape index (κ3) is 1.99. The lowest BCUT2D eigenvalue weighted by Crippen LogP contribution is -2.13. The molecule has 0 amide bonds. The van der Waals surface area contributed by atoms with Crippen molar-refractivity contribution >= 4 is 17.5 Å². The molecule has 82 valence electrons. The quantitative estimate of drug-likeness (QED) is 0.801. The predicted molar refractivity (Wildman–Crippen MR) is 62.8 cm³/mol. The highest BCUT2D eigenvalue weighted by atomic mass is 35.5. The Hall–Kier alpha value is -1.61. The molecule has 0 aliphatic rings. The van der Waals surface area contributed by atoms with E-state index in [0.717, 1.165) is 12.2 Å². The van der Waals surface area contributed by atoms with Crippen LogP contribution in [0.3, 0.4) is 0 Å². The normalized spacial score (nSPS) is 10.4. The molecule has 0 atom stereocenters. The Kier molecular flexibility index (Phi) is 3.06. The van der Waals surface area contributed by atoms with Crippen molar-refractivity contribution in [3.8, 4) is 0 Å². The van der Waals surface area contributed by atoms with E-state index in [4.69, 9.17) is 11.6 Å². The van der Waals surface area contributed by atoms with Crippen molar-refractivity contribution in [3.63, 3.8) is 0 Å². The zero-order valence-corrected chi connectivity index (χ0v) is 9.61. The summed E-state index contributed by atoms with van der Waals surface area (Å²) < 4.78 is 1.56. The van der Waals surface area contributed by atoms with Gasteiger partial charge in [-0.2, -0.15) is 0 Å². The van der Waals surface area contributed by atoms with Crippen molar-refractivity contribution < 1.29 is 4.79 Å². The molecule has 0 saturated heterocycles. The number of benzene rings is 1. The van der Waals surface area contributed by atoms with Crippen molar-refractivity contribution in [2.75, 3.05) is 0 Å². The summed E-state index contributed by atoms with van der Waals surface area (Å²) in [5.41, 5.74) is 0.608. The molecule has 0 aliphatic heterocycles. The van der Waals surface area contributed by atoms with Crippen LogP contribution in [0.2, 0.25) is 5.02 Å². The molecule has 0 bridgehead atoms. The van der Waals surface area contributed by atoms with E-state index in [1.54, 1.807) is 41.2 Å². The molecule has 0 N–H and O–H groups in total. The summed E-state index contributed by atoms with van der Waals surface area (Å²) in [5.74, 6) is 0.686. The largest absolute Gasteiger partial charge is 0.270 e. The highest BCUT2D eigenvalue weighted by molar-refractivity contribution is 6.30. The van der Waals surface area contributed by atoms with Crippen LogP contribution in [-0.4, -0.2) is 15.5 Å². The molecule has 3 nitrogen and oxygen atoms in total. The van der Waals surface area contributed by atoms with Crippen LogP contribution in [0.1, 0.15) is 23.1 Å². The van der Waals surface area contributed by atoms with Crippen LogP contribution in [0.25, 0.3) is 0 Å². The summed E-state index contributed by atoms with van der Waals surface area (Å²) >= 11 is 5.77. The Morgan fingerprint density at radius 2 is 2.06 bits per heavy atom. The Bertz CT molecular complexity index is 502. The molecule has 0 unspecified atom stereocenters. The molecule has 4 heteroatoms. The number of carbonyl (C=O) groups excluding carboxylic acids is 1. The zero-order chi connectivity index (χ0) is 11.5.